The molecule has 1 heterocycles. The second-order valence-corrected chi connectivity index (χ2v) is 4.83. The molecule has 0 saturated carbocycles. The van der Waals surface area contributed by atoms with Crippen molar-refractivity contribution < 1.29 is 0 Å². The fourth-order valence-corrected chi connectivity index (χ4v) is 2.18. The van der Waals surface area contributed by atoms with Crippen LogP contribution < -0.4 is 5.43 Å². The molecule has 2 aromatic rings. The molecule has 0 saturated heterocycles. The number of nitrogens with one attached hydrogen (secondary N) is 1. The van der Waals surface area contributed by atoms with Crippen molar-refractivity contribution >= 4 is 10.9 Å². The summed E-state index contributed by atoms with van der Waals surface area (Å²) in [5.74, 6) is 0. The lowest BCUT2D eigenvalue weighted by Gasteiger charge is -2.02. The average Bonchev–Trinajstić information content (AvgIpc) is 2.46. The predicted molar refractivity (Wildman–Crippen MR) is 86.1 cm³/mol. The van der Waals surface area contributed by atoms with Gasteiger partial charge in [0.1, 0.15) is 0 Å². The van der Waals surface area contributed by atoms with Gasteiger partial charge in [-0.15, -0.1) is 0 Å². The maximum atomic E-state index is 12.0. The number of rotatable bonds is 6. The van der Waals surface area contributed by atoms with Crippen molar-refractivity contribution in [1.29, 1.82) is 0 Å². The van der Waals surface area contributed by atoms with Crippen LogP contribution in [0, 0.1) is 0 Å². The molecular weight excluding hydrogens is 246 g/mol. The van der Waals surface area contributed by atoms with Crippen LogP contribution >= 0.6 is 0 Å². The fraction of sp³-hybridized carbons (Fsp3) is 0.278. The normalized spacial score (nSPS) is 11.8. The molecule has 0 aliphatic rings. The summed E-state index contributed by atoms with van der Waals surface area (Å²) >= 11 is 0. The van der Waals surface area contributed by atoms with Crippen molar-refractivity contribution in [3.8, 4) is 0 Å². The Balaban J connectivity index is 1.97. The van der Waals surface area contributed by atoms with E-state index >= 15 is 0 Å². The lowest BCUT2D eigenvalue weighted by molar-refractivity contribution is 0.949. The van der Waals surface area contributed by atoms with E-state index in [1.807, 2.05) is 24.3 Å². The summed E-state index contributed by atoms with van der Waals surface area (Å²) in [7, 11) is 0. The molecule has 1 aromatic heterocycles. The van der Waals surface area contributed by atoms with Crippen LogP contribution in [0.4, 0.5) is 0 Å². The number of H-pyrrole nitrogens is 1. The van der Waals surface area contributed by atoms with Crippen molar-refractivity contribution in [3.63, 3.8) is 0 Å². The molecule has 2 heteroatoms. The van der Waals surface area contributed by atoms with Gasteiger partial charge in [-0.05, 0) is 37.8 Å². The zero-order chi connectivity index (χ0) is 14.2. The Morgan fingerprint density at radius 1 is 1.10 bits per heavy atom. The van der Waals surface area contributed by atoms with Crippen molar-refractivity contribution in [2.75, 3.05) is 0 Å². The Labute approximate surface area is 119 Å². The quantitative estimate of drug-likeness (QED) is 0.774. The third kappa shape index (κ3) is 3.95. The first kappa shape index (κ1) is 14.3. The highest BCUT2D eigenvalue weighted by Crippen LogP contribution is 2.08. The highest BCUT2D eigenvalue weighted by Gasteiger charge is 2.00. The number of hydrogen-bond acceptors (Lipinski definition) is 1. The summed E-state index contributed by atoms with van der Waals surface area (Å²) in [5, 5.41) is 0.761. The average molecular weight is 267 g/mol. The van der Waals surface area contributed by atoms with Crippen LogP contribution in [0.5, 0.6) is 0 Å². The van der Waals surface area contributed by atoms with E-state index in [1.54, 1.807) is 6.07 Å². The zero-order valence-electron chi connectivity index (χ0n) is 11.9. The molecule has 0 aliphatic heterocycles. The molecule has 0 bridgehead atoms. The molecule has 0 spiro atoms. The third-order valence-corrected chi connectivity index (χ3v) is 3.21. The minimum absolute atomic E-state index is 0.101. The zero-order valence-corrected chi connectivity index (χ0v) is 11.9. The van der Waals surface area contributed by atoms with Crippen molar-refractivity contribution in [1.82, 2.24) is 4.98 Å². The Morgan fingerprint density at radius 3 is 2.75 bits per heavy atom. The van der Waals surface area contributed by atoms with Gasteiger partial charge in [-0.2, -0.15) is 0 Å². The SMILES string of the molecule is CC/C=C/C/C=C/CCc1cc(=O)c2ccccc2[nH]1. The predicted octanol–water partition coefficient (Wildman–Crippen LogP) is 4.37. The number of aromatic amines is 1. The summed E-state index contributed by atoms with van der Waals surface area (Å²) in [5.41, 5.74) is 2.02. The molecule has 0 atom stereocenters. The van der Waals surface area contributed by atoms with E-state index in [4.69, 9.17) is 0 Å². The molecule has 2 rings (SSSR count). The van der Waals surface area contributed by atoms with Gasteiger partial charge in [0, 0.05) is 22.7 Å². The number of aromatic nitrogens is 1. The van der Waals surface area contributed by atoms with Gasteiger partial charge in [0.05, 0.1) is 0 Å². The Kier molecular flexibility index (Phi) is 5.36. The van der Waals surface area contributed by atoms with Crippen LogP contribution in [0.2, 0.25) is 0 Å². The Bertz CT molecular complexity index is 664. The maximum Gasteiger partial charge on any atom is 0.189 e. The molecule has 0 aliphatic carbocycles. The highest BCUT2D eigenvalue weighted by atomic mass is 16.1. The third-order valence-electron chi connectivity index (χ3n) is 3.21. The van der Waals surface area contributed by atoms with E-state index in [2.05, 4.69) is 36.2 Å². The first-order valence-electron chi connectivity index (χ1n) is 7.22. The van der Waals surface area contributed by atoms with Gasteiger partial charge in [-0.1, -0.05) is 43.4 Å². The van der Waals surface area contributed by atoms with E-state index in [1.165, 1.54) is 0 Å². The minimum Gasteiger partial charge on any atom is -0.358 e. The molecule has 0 unspecified atom stereocenters. The molecule has 104 valence electrons. The molecule has 20 heavy (non-hydrogen) atoms. The van der Waals surface area contributed by atoms with Gasteiger partial charge in [-0.25, -0.2) is 0 Å². The topological polar surface area (TPSA) is 32.9 Å². The van der Waals surface area contributed by atoms with Crippen LogP contribution in [-0.2, 0) is 6.42 Å². The standard InChI is InChI=1S/C18H21NO/c1-2-3-4-5-6-7-8-11-15-14-18(20)16-12-9-10-13-17(16)19-15/h3-4,6-7,9-10,12-14H,2,5,8,11H2,1H3,(H,19,20)/b4-3+,7-6+. The van der Waals surface area contributed by atoms with Crippen LogP contribution in [-0.4, -0.2) is 4.98 Å². The summed E-state index contributed by atoms with van der Waals surface area (Å²) in [6, 6.07) is 9.36. The molecule has 0 radical (unpaired) electrons. The van der Waals surface area contributed by atoms with Crippen LogP contribution in [0.3, 0.4) is 0 Å². The molecular formula is C18H21NO. The number of hydrogen-bond donors (Lipinski definition) is 1. The van der Waals surface area contributed by atoms with E-state index in [0.717, 1.165) is 42.3 Å². The number of aryl methyl sites for hydroxylation is 1. The minimum atomic E-state index is 0.101. The van der Waals surface area contributed by atoms with Crippen LogP contribution in [0.15, 0.2) is 59.4 Å². The lowest BCUT2D eigenvalue weighted by atomic mass is 10.1. The number of para-hydroxylation sites is 1. The van der Waals surface area contributed by atoms with E-state index in [0.29, 0.717) is 0 Å². The van der Waals surface area contributed by atoms with E-state index < -0.39 is 0 Å². The largest absolute Gasteiger partial charge is 0.358 e. The van der Waals surface area contributed by atoms with Gasteiger partial charge in [0.15, 0.2) is 5.43 Å². The first-order valence-corrected chi connectivity index (χ1v) is 7.22. The molecule has 0 fully saturated rings. The van der Waals surface area contributed by atoms with Gasteiger partial charge in [-0.3, -0.25) is 4.79 Å². The number of pyridine rings is 1. The van der Waals surface area contributed by atoms with Gasteiger partial charge in [0.2, 0.25) is 0 Å². The fourth-order valence-electron chi connectivity index (χ4n) is 2.18. The number of fused-ring (bicyclic) bond motifs is 1. The maximum absolute atomic E-state index is 12.0. The molecule has 0 amide bonds. The van der Waals surface area contributed by atoms with Crippen LogP contribution in [0.25, 0.3) is 10.9 Å². The Hall–Kier alpha value is -2.09. The Morgan fingerprint density at radius 2 is 1.90 bits per heavy atom. The molecule has 1 aromatic carbocycles. The smallest absolute Gasteiger partial charge is 0.189 e. The van der Waals surface area contributed by atoms with Crippen molar-refractivity contribution in [2.45, 2.75) is 32.6 Å². The van der Waals surface area contributed by atoms with Gasteiger partial charge < -0.3 is 4.98 Å². The number of benzene rings is 1. The summed E-state index contributed by atoms with van der Waals surface area (Å²) in [6.07, 6.45) is 12.6. The summed E-state index contributed by atoms with van der Waals surface area (Å²) in [4.78, 5) is 15.3. The van der Waals surface area contributed by atoms with E-state index in [9.17, 15) is 4.79 Å². The highest BCUT2D eigenvalue weighted by molar-refractivity contribution is 5.78. The lowest BCUT2D eigenvalue weighted by Crippen LogP contribution is -2.04. The molecule has 1 N–H and O–H groups in total. The summed E-state index contributed by atoms with van der Waals surface area (Å²) < 4.78 is 0. The van der Waals surface area contributed by atoms with Gasteiger partial charge in [0.25, 0.3) is 0 Å². The van der Waals surface area contributed by atoms with Gasteiger partial charge >= 0.3 is 0 Å². The second-order valence-electron chi connectivity index (χ2n) is 4.83. The van der Waals surface area contributed by atoms with Crippen LogP contribution in [0.1, 0.15) is 31.9 Å². The van der Waals surface area contributed by atoms with E-state index in [-0.39, 0.29) is 5.43 Å². The van der Waals surface area contributed by atoms with Crippen molar-refractivity contribution in [2.24, 2.45) is 0 Å². The summed E-state index contributed by atoms with van der Waals surface area (Å²) in [6.45, 7) is 2.14. The molecule has 2 nitrogen and oxygen atoms in total. The first-order chi connectivity index (χ1) is 9.81. The van der Waals surface area contributed by atoms with Crippen molar-refractivity contribution in [3.05, 3.63) is 70.6 Å². The second kappa shape index (κ2) is 7.49. The monoisotopic (exact) mass is 267 g/mol. The number of allylic oxidation sites excluding steroid dienone is 4.